The number of nitrogens with one attached hydrogen (secondary N) is 1. The third-order valence-electron chi connectivity index (χ3n) is 6.35. The van der Waals surface area contributed by atoms with Gasteiger partial charge in [0.2, 0.25) is 11.8 Å². The second-order valence-electron chi connectivity index (χ2n) is 9.28. The summed E-state index contributed by atoms with van der Waals surface area (Å²) in [6.45, 7) is 6.07. The normalized spacial score (nSPS) is 18.6. The quantitative estimate of drug-likeness (QED) is 0.491. The third-order valence-corrected chi connectivity index (χ3v) is 7.25. The van der Waals surface area contributed by atoms with Crippen molar-refractivity contribution >= 4 is 23.2 Å². The Hall–Kier alpha value is -3.13. The number of halogens is 1. The SMILES string of the molecule is Cc1nnc(CCC(=O)N2C[C@H](F)C[C@H]2C(=O)NC(c2ccccc2)c2ccc(C(C)C)cc2)s1. The van der Waals surface area contributed by atoms with Gasteiger partial charge in [-0.2, -0.15) is 0 Å². The van der Waals surface area contributed by atoms with Crippen LogP contribution in [0.3, 0.4) is 0 Å². The number of benzene rings is 2. The molecule has 0 bridgehead atoms. The molecule has 1 aromatic heterocycles. The number of hydrogen-bond donors (Lipinski definition) is 1. The lowest BCUT2D eigenvalue weighted by Crippen LogP contribution is -2.47. The molecule has 1 N–H and O–H groups in total. The molecule has 0 spiro atoms. The molecule has 1 saturated heterocycles. The Kier molecular flexibility index (Phi) is 7.90. The molecule has 1 fully saturated rings. The van der Waals surface area contributed by atoms with Crippen LogP contribution in [0.25, 0.3) is 0 Å². The zero-order valence-corrected chi connectivity index (χ0v) is 21.1. The number of rotatable bonds is 8. The first-order valence-electron chi connectivity index (χ1n) is 12.0. The predicted octanol–water partition coefficient (Wildman–Crippen LogP) is 4.75. The summed E-state index contributed by atoms with van der Waals surface area (Å²) >= 11 is 1.44. The number of nitrogens with zero attached hydrogens (tertiary/aromatic N) is 3. The van der Waals surface area contributed by atoms with Gasteiger partial charge >= 0.3 is 0 Å². The molecule has 0 aliphatic carbocycles. The minimum Gasteiger partial charge on any atom is -0.343 e. The van der Waals surface area contributed by atoms with Gasteiger partial charge in [-0.1, -0.05) is 68.4 Å². The Labute approximate surface area is 209 Å². The van der Waals surface area contributed by atoms with Crippen LogP contribution in [0.5, 0.6) is 0 Å². The van der Waals surface area contributed by atoms with Crippen LogP contribution in [0.15, 0.2) is 54.6 Å². The Bertz CT molecular complexity index is 1150. The summed E-state index contributed by atoms with van der Waals surface area (Å²) in [5, 5.41) is 12.7. The lowest BCUT2D eigenvalue weighted by Gasteiger charge is -2.27. The fourth-order valence-electron chi connectivity index (χ4n) is 4.42. The van der Waals surface area contributed by atoms with E-state index >= 15 is 0 Å². The van der Waals surface area contributed by atoms with Gasteiger partial charge in [0.25, 0.3) is 0 Å². The third kappa shape index (κ3) is 6.11. The van der Waals surface area contributed by atoms with E-state index in [1.54, 1.807) is 0 Å². The van der Waals surface area contributed by atoms with Crippen molar-refractivity contribution in [2.24, 2.45) is 0 Å². The zero-order chi connectivity index (χ0) is 24.9. The smallest absolute Gasteiger partial charge is 0.243 e. The Morgan fingerprint density at radius 2 is 1.71 bits per heavy atom. The highest BCUT2D eigenvalue weighted by Gasteiger charge is 2.40. The molecule has 0 saturated carbocycles. The molecule has 2 heterocycles. The van der Waals surface area contributed by atoms with Crippen molar-refractivity contribution in [3.05, 3.63) is 81.3 Å². The highest BCUT2D eigenvalue weighted by atomic mass is 32.1. The highest BCUT2D eigenvalue weighted by Crippen LogP contribution is 2.27. The molecule has 2 amide bonds. The van der Waals surface area contributed by atoms with E-state index in [2.05, 4.69) is 41.5 Å². The molecule has 1 aliphatic heterocycles. The van der Waals surface area contributed by atoms with Crippen molar-refractivity contribution in [2.45, 2.75) is 64.2 Å². The highest BCUT2D eigenvalue weighted by molar-refractivity contribution is 7.11. The second kappa shape index (κ2) is 11.1. The summed E-state index contributed by atoms with van der Waals surface area (Å²) in [4.78, 5) is 27.8. The van der Waals surface area contributed by atoms with E-state index in [9.17, 15) is 14.0 Å². The molecule has 3 atom stereocenters. The lowest BCUT2D eigenvalue weighted by molar-refractivity contribution is -0.138. The van der Waals surface area contributed by atoms with E-state index in [1.165, 1.54) is 21.8 Å². The van der Waals surface area contributed by atoms with Crippen LogP contribution in [0.2, 0.25) is 0 Å². The van der Waals surface area contributed by atoms with Crippen LogP contribution >= 0.6 is 11.3 Å². The summed E-state index contributed by atoms with van der Waals surface area (Å²) in [6, 6.07) is 16.6. The predicted molar refractivity (Wildman–Crippen MR) is 135 cm³/mol. The van der Waals surface area contributed by atoms with Crippen molar-refractivity contribution in [3.63, 3.8) is 0 Å². The average Bonchev–Trinajstić information content (AvgIpc) is 3.46. The molecule has 8 heteroatoms. The van der Waals surface area contributed by atoms with Gasteiger partial charge in [0, 0.05) is 19.3 Å². The van der Waals surface area contributed by atoms with Crippen molar-refractivity contribution in [1.82, 2.24) is 20.4 Å². The number of likely N-dealkylation sites (tertiary alicyclic amines) is 1. The zero-order valence-electron chi connectivity index (χ0n) is 20.3. The van der Waals surface area contributed by atoms with Gasteiger partial charge in [0.05, 0.1) is 12.6 Å². The van der Waals surface area contributed by atoms with Gasteiger partial charge in [-0.05, 0) is 29.5 Å². The van der Waals surface area contributed by atoms with Crippen molar-refractivity contribution in [1.29, 1.82) is 0 Å². The van der Waals surface area contributed by atoms with E-state index < -0.39 is 18.3 Å². The first-order valence-corrected chi connectivity index (χ1v) is 12.8. The van der Waals surface area contributed by atoms with Crippen LogP contribution < -0.4 is 5.32 Å². The van der Waals surface area contributed by atoms with E-state index in [0.29, 0.717) is 12.3 Å². The number of carbonyl (C=O) groups is 2. The fraction of sp³-hybridized carbons (Fsp3) is 0.407. The fourth-order valence-corrected chi connectivity index (χ4v) is 5.13. The topological polar surface area (TPSA) is 75.2 Å². The van der Waals surface area contributed by atoms with E-state index in [0.717, 1.165) is 21.1 Å². The monoisotopic (exact) mass is 494 g/mol. The first kappa shape index (κ1) is 25.0. The first-order chi connectivity index (χ1) is 16.8. The maximum atomic E-state index is 14.4. The van der Waals surface area contributed by atoms with Crippen molar-refractivity contribution in [2.75, 3.05) is 6.54 Å². The Balaban J connectivity index is 1.51. The van der Waals surface area contributed by atoms with Crippen molar-refractivity contribution < 1.29 is 14.0 Å². The molecule has 6 nitrogen and oxygen atoms in total. The van der Waals surface area contributed by atoms with Crippen LogP contribution in [0, 0.1) is 6.92 Å². The van der Waals surface area contributed by atoms with Gasteiger partial charge in [-0.15, -0.1) is 21.5 Å². The summed E-state index contributed by atoms with van der Waals surface area (Å²) in [6.07, 6.45) is -0.618. The van der Waals surface area contributed by atoms with Gasteiger partial charge in [0.15, 0.2) is 0 Å². The number of alkyl halides is 1. The molecule has 2 aromatic carbocycles. The molecule has 1 aliphatic rings. The standard InChI is InChI=1S/C27H31FN4O2S/c1-17(2)19-9-11-21(12-10-19)26(20-7-5-4-6-8-20)29-27(34)23-15-22(28)16-32(23)25(33)14-13-24-31-30-18(3)35-24/h4-12,17,22-23,26H,13-16H2,1-3H3,(H,29,34)/t22-,23+,26?/m1/s1. The van der Waals surface area contributed by atoms with E-state index in [4.69, 9.17) is 0 Å². The number of amides is 2. The van der Waals surface area contributed by atoms with Gasteiger partial charge in [0.1, 0.15) is 22.2 Å². The molecule has 4 rings (SSSR count). The maximum absolute atomic E-state index is 14.4. The average molecular weight is 495 g/mol. The minimum absolute atomic E-state index is 0.00326. The number of aromatic nitrogens is 2. The molecule has 0 radical (unpaired) electrons. The lowest BCUT2D eigenvalue weighted by atomic mass is 9.95. The molecule has 3 aromatic rings. The van der Waals surface area contributed by atoms with Crippen LogP contribution in [0.4, 0.5) is 4.39 Å². The molecule has 1 unspecified atom stereocenters. The minimum atomic E-state index is -1.22. The molecule has 35 heavy (non-hydrogen) atoms. The van der Waals surface area contributed by atoms with E-state index in [-0.39, 0.29) is 31.2 Å². The summed E-state index contributed by atoms with van der Waals surface area (Å²) in [5.74, 6) is -0.180. The molecular weight excluding hydrogens is 463 g/mol. The van der Waals surface area contributed by atoms with Gasteiger partial charge in [-0.3, -0.25) is 9.59 Å². The Morgan fingerprint density at radius 3 is 2.34 bits per heavy atom. The summed E-state index contributed by atoms with van der Waals surface area (Å²) in [7, 11) is 0. The summed E-state index contributed by atoms with van der Waals surface area (Å²) < 4.78 is 14.4. The Morgan fingerprint density at radius 1 is 1.06 bits per heavy atom. The largest absolute Gasteiger partial charge is 0.343 e. The van der Waals surface area contributed by atoms with Crippen LogP contribution in [-0.4, -0.2) is 45.7 Å². The van der Waals surface area contributed by atoms with Gasteiger partial charge in [-0.25, -0.2) is 4.39 Å². The molecule has 184 valence electrons. The van der Waals surface area contributed by atoms with Crippen LogP contribution in [-0.2, 0) is 16.0 Å². The summed E-state index contributed by atoms with van der Waals surface area (Å²) in [5.41, 5.74) is 3.08. The number of aryl methyl sites for hydroxylation is 2. The second-order valence-corrected chi connectivity index (χ2v) is 10.5. The number of carbonyl (C=O) groups excluding carboxylic acids is 2. The van der Waals surface area contributed by atoms with Crippen molar-refractivity contribution in [3.8, 4) is 0 Å². The van der Waals surface area contributed by atoms with E-state index in [1.807, 2.05) is 49.4 Å². The van der Waals surface area contributed by atoms with Gasteiger partial charge < -0.3 is 10.2 Å². The maximum Gasteiger partial charge on any atom is 0.243 e. The van der Waals surface area contributed by atoms with Crippen LogP contribution in [0.1, 0.15) is 65.4 Å². The number of hydrogen-bond acceptors (Lipinski definition) is 5. The molecular formula is C27H31FN4O2S.